The highest BCUT2D eigenvalue weighted by atomic mass is 35.5. The number of ether oxygens (including phenoxy) is 2. The molecule has 0 radical (unpaired) electrons. The number of nitrogens with two attached hydrogens (primary N) is 1. The van der Waals surface area contributed by atoms with Crippen molar-refractivity contribution in [2.45, 2.75) is 6.92 Å². The number of aryl methyl sites for hydroxylation is 1. The summed E-state index contributed by atoms with van der Waals surface area (Å²) in [6, 6.07) is 8.14. The Morgan fingerprint density at radius 3 is 2.81 bits per heavy atom. The maximum absolute atomic E-state index is 11.6. The van der Waals surface area contributed by atoms with Crippen LogP contribution in [-0.4, -0.2) is 33.9 Å². The Kier molecular flexibility index (Phi) is 5.37. The molecule has 0 aliphatic carbocycles. The summed E-state index contributed by atoms with van der Waals surface area (Å²) in [5, 5.41) is 4.59. The van der Waals surface area contributed by atoms with Crippen LogP contribution in [0.1, 0.15) is 21.6 Å². The summed E-state index contributed by atoms with van der Waals surface area (Å²) in [4.78, 5) is 19.7. The number of rotatable bonds is 5. The van der Waals surface area contributed by atoms with E-state index < -0.39 is 5.97 Å². The molecule has 0 aliphatic rings. The Morgan fingerprint density at radius 2 is 2.15 bits per heavy atom. The van der Waals surface area contributed by atoms with Crippen LogP contribution in [0.4, 0.5) is 5.95 Å². The van der Waals surface area contributed by atoms with Crippen molar-refractivity contribution in [1.29, 1.82) is 0 Å². The molecule has 138 valence electrons. The minimum atomic E-state index is -0.478. The highest BCUT2D eigenvalue weighted by molar-refractivity contribution is 6.32. The van der Waals surface area contributed by atoms with Gasteiger partial charge in [0, 0.05) is 12.3 Å². The quantitative estimate of drug-likeness (QED) is 0.533. The first kappa shape index (κ1) is 18.4. The number of methoxy groups -OCH3 is 1. The number of carbonyl (C=O) groups is 1. The maximum atomic E-state index is 11.6. The van der Waals surface area contributed by atoms with E-state index in [4.69, 9.17) is 22.1 Å². The summed E-state index contributed by atoms with van der Waals surface area (Å²) >= 11 is 6.28. The molecule has 0 saturated heterocycles. The van der Waals surface area contributed by atoms with E-state index in [0.29, 0.717) is 22.3 Å². The molecule has 0 amide bonds. The van der Waals surface area contributed by atoms with Crippen molar-refractivity contribution >= 4 is 29.7 Å². The number of hydrogen-bond acceptors (Lipinski definition) is 7. The number of pyridine rings is 1. The molecule has 0 atom stereocenters. The van der Waals surface area contributed by atoms with E-state index >= 15 is 0 Å². The van der Waals surface area contributed by atoms with Gasteiger partial charge in [-0.1, -0.05) is 11.6 Å². The lowest BCUT2D eigenvalue weighted by molar-refractivity contribution is 0.0600. The van der Waals surface area contributed by atoms with Crippen LogP contribution in [0.3, 0.4) is 0 Å². The molecule has 2 heterocycles. The van der Waals surface area contributed by atoms with E-state index in [2.05, 4.69) is 19.8 Å². The molecule has 9 heteroatoms. The lowest BCUT2D eigenvalue weighted by Crippen LogP contribution is -2.02. The van der Waals surface area contributed by atoms with Gasteiger partial charge in [-0.2, -0.15) is 5.10 Å². The maximum Gasteiger partial charge on any atom is 0.338 e. The normalized spacial score (nSPS) is 10.9. The second-order valence-corrected chi connectivity index (χ2v) is 5.90. The number of nitrogen functional groups attached to an aromatic ring is 1. The smallest absolute Gasteiger partial charge is 0.338 e. The van der Waals surface area contributed by atoms with E-state index in [9.17, 15) is 4.79 Å². The van der Waals surface area contributed by atoms with E-state index in [0.717, 1.165) is 11.3 Å². The number of halogens is 1. The molecule has 0 bridgehead atoms. The van der Waals surface area contributed by atoms with Crippen molar-refractivity contribution < 1.29 is 14.3 Å². The van der Waals surface area contributed by atoms with Gasteiger partial charge in [-0.25, -0.2) is 19.4 Å². The molecule has 2 N–H and O–H groups in total. The summed E-state index contributed by atoms with van der Waals surface area (Å²) in [5.74, 6) is 0.435. The number of esters is 1. The number of hydrogen-bond donors (Lipinski definition) is 1. The molecule has 0 spiro atoms. The first-order chi connectivity index (χ1) is 13.0. The first-order valence-electron chi connectivity index (χ1n) is 7.84. The van der Waals surface area contributed by atoms with Crippen LogP contribution in [0.2, 0.25) is 5.02 Å². The average Bonchev–Trinajstić information content (AvgIpc) is 2.98. The fourth-order valence-corrected chi connectivity index (χ4v) is 2.46. The molecule has 0 fully saturated rings. The van der Waals surface area contributed by atoms with Gasteiger partial charge < -0.3 is 15.2 Å². The van der Waals surface area contributed by atoms with Crippen LogP contribution in [0.5, 0.6) is 11.6 Å². The number of nitrogens with zero attached hydrogens (tertiary/aromatic N) is 4. The Hall–Kier alpha value is -3.39. The van der Waals surface area contributed by atoms with Crippen LogP contribution in [0.15, 0.2) is 47.8 Å². The lowest BCUT2D eigenvalue weighted by Gasteiger charge is -2.08. The molecule has 0 unspecified atom stereocenters. The van der Waals surface area contributed by atoms with Crippen LogP contribution < -0.4 is 10.5 Å². The van der Waals surface area contributed by atoms with Gasteiger partial charge in [0.05, 0.1) is 35.8 Å². The second-order valence-electron chi connectivity index (χ2n) is 5.50. The zero-order valence-electron chi connectivity index (χ0n) is 14.6. The Morgan fingerprint density at radius 1 is 1.33 bits per heavy atom. The lowest BCUT2D eigenvalue weighted by atomic mass is 10.2. The number of imidazole rings is 1. The van der Waals surface area contributed by atoms with Crippen molar-refractivity contribution in [3.05, 3.63) is 64.6 Å². The van der Waals surface area contributed by atoms with Crippen molar-refractivity contribution in [2.75, 3.05) is 12.8 Å². The predicted octanol–water partition coefficient (Wildman–Crippen LogP) is 3.28. The average molecular weight is 386 g/mol. The van der Waals surface area contributed by atoms with E-state index in [1.165, 1.54) is 30.1 Å². The van der Waals surface area contributed by atoms with Gasteiger partial charge in [-0.3, -0.25) is 0 Å². The molecule has 27 heavy (non-hydrogen) atoms. The summed E-state index contributed by atoms with van der Waals surface area (Å²) in [5.41, 5.74) is 7.59. The van der Waals surface area contributed by atoms with Gasteiger partial charge in [-0.05, 0) is 36.8 Å². The highest BCUT2D eigenvalue weighted by Crippen LogP contribution is 2.29. The molecule has 0 saturated carbocycles. The van der Waals surface area contributed by atoms with Crippen molar-refractivity contribution in [1.82, 2.24) is 14.6 Å². The van der Waals surface area contributed by atoms with Gasteiger partial charge in [0.1, 0.15) is 5.75 Å². The number of carbonyl (C=O) groups excluding carboxylic acids is 1. The van der Waals surface area contributed by atoms with Gasteiger partial charge >= 0.3 is 5.97 Å². The SMILES string of the molecule is COC(=O)c1ccnc(Oc2ccc(C=Nn3cc(C)nc3N)cc2Cl)c1. The first-order valence-corrected chi connectivity index (χ1v) is 8.21. The summed E-state index contributed by atoms with van der Waals surface area (Å²) < 4.78 is 11.8. The fourth-order valence-electron chi connectivity index (χ4n) is 2.23. The van der Waals surface area contributed by atoms with Gasteiger partial charge in [0.15, 0.2) is 0 Å². The molecule has 3 rings (SSSR count). The molecule has 1 aromatic carbocycles. The monoisotopic (exact) mass is 385 g/mol. The third-order valence-corrected chi connectivity index (χ3v) is 3.79. The molecule has 0 aliphatic heterocycles. The summed E-state index contributed by atoms with van der Waals surface area (Å²) in [6.07, 6.45) is 4.77. The largest absolute Gasteiger partial charge is 0.465 e. The predicted molar refractivity (Wildman–Crippen MR) is 101 cm³/mol. The summed E-state index contributed by atoms with van der Waals surface area (Å²) in [7, 11) is 1.30. The minimum absolute atomic E-state index is 0.225. The van der Waals surface area contributed by atoms with Crippen molar-refractivity contribution in [3.8, 4) is 11.6 Å². The number of anilines is 1. The number of aromatic nitrogens is 3. The van der Waals surface area contributed by atoms with Crippen LogP contribution in [0.25, 0.3) is 0 Å². The fraction of sp³-hybridized carbons (Fsp3) is 0.111. The standard InChI is InChI=1S/C18H16ClN5O3/c1-11-10-24(18(20)23-11)22-9-12-3-4-15(14(19)7-12)27-16-8-13(5-6-21-16)17(25)26-2/h3-10H,1-2H3,(H2,20,23). The Bertz CT molecular complexity index is 1020. The number of benzene rings is 1. The minimum Gasteiger partial charge on any atom is -0.465 e. The van der Waals surface area contributed by atoms with E-state index in [1.54, 1.807) is 30.6 Å². The van der Waals surface area contributed by atoms with Crippen LogP contribution >= 0.6 is 11.6 Å². The topological polar surface area (TPSA) is 105 Å². The van der Waals surface area contributed by atoms with Crippen LogP contribution in [0, 0.1) is 6.92 Å². The molecule has 2 aromatic heterocycles. The Balaban J connectivity index is 1.77. The second kappa shape index (κ2) is 7.88. The van der Waals surface area contributed by atoms with Crippen molar-refractivity contribution in [3.63, 3.8) is 0 Å². The Labute approximate surface area is 160 Å². The third kappa shape index (κ3) is 4.42. The van der Waals surface area contributed by atoms with E-state index in [-0.39, 0.29) is 5.88 Å². The van der Waals surface area contributed by atoms with Crippen molar-refractivity contribution in [2.24, 2.45) is 5.10 Å². The zero-order chi connectivity index (χ0) is 19.4. The third-order valence-electron chi connectivity index (χ3n) is 3.49. The van der Waals surface area contributed by atoms with Gasteiger partial charge in [0.2, 0.25) is 11.8 Å². The zero-order valence-corrected chi connectivity index (χ0v) is 15.3. The summed E-state index contributed by atoms with van der Waals surface area (Å²) in [6.45, 7) is 1.83. The molecular formula is C18H16ClN5O3. The highest BCUT2D eigenvalue weighted by Gasteiger charge is 2.10. The van der Waals surface area contributed by atoms with Gasteiger partial charge in [0.25, 0.3) is 0 Å². The molecular weight excluding hydrogens is 370 g/mol. The molecule has 3 aromatic rings. The molecule has 8 nitrogen and oxygen atoms in total. The van der Waals surface area contributed by atoms with E-state index in [1.807, 2.05) is 6.92 Å². The van der Waals surface area contributed by atoms with Gasteiger partial charge in [-0.15, -0.1) is 0 Å². The van der Waals surface area contributed by atoms with Crippen LogP contribution in [-0.2, 0) is 4.74 Å².